The van der Waals surface area contributed by atoms with Gasteiger partial charge < -0.3 is 5.73 Å². The van der Waals surface area contributed by atoms with Gasteiger partial charge in [-0.05, 0) is 19.1 Å². The fraction of sp³-hybridized carbons (Fsp3) is 0.833. The van der Waals surface area contributed by atoms with E-state index in [1.807, 2.05) is 18.7 Å². The van der Waals surface area contributed by atoms with E-state index >= 15 is 0 Å². The van der Waals surface area contributed by atoms with Crippen LogP contribution in [0.25, 0.3) is 0 Å². The molecule has 52 valence electrons. The smallest absolute Gasteiger partial charge is 0.0909 e. The Morgan fingerprint density at radius 3 is 3.00 bits per heavy atom. The van der Waals surface area contributed by atoms with Crippen LogP contribution in [0.15, 0.2) is 4.99 Å². The van der Waals surface area contributed by atoms with Crippen LogP contribution in [0.5, 0.6) is 0 Å². The van der Waals surface area contributed by atoms with Gasteiger partial charge in [0.05, 0.1) is 11.9 Å². The molecule has 1 fully saturated rings. The standard InChI is InChI=1S/C6H12N2S/c1-5(7)8-6-2-3-9-4-6/h6H,2-4H2,1H3,(H2,7,8). The Balaban J connectivity index is 2.35. The number of rotatable bonds is 1. The number of aliphatic imine (C=N–C) groups is 1. The predicted octanol–water partition coefficient (Wildman–Crippen LogP) is 0.869. The van der Waals surface area contributed by atoms with Gasteiger partial charge in [-0.25, -0.2) is 0 Å². The Labute approximate surface area is 59.9 Å². The van der Waals surface area contributed by atoms with Crippen molar-refractivity contribution in [3.8, 4) is 0 Å². The lowest BCUT2D eigenvalue weighted by atomic mass is 10.3. The maximum atomic E-state index is 5.41. The molecule has 1 saturated heterocycles. The lowest BCUT2D eigenvalue weighted by Crippen LogP contribution is -2.12. The van der Waals surface area contributed by atoms with Crippen molar-refractivity contribution in [3.63, 3.8) is 0 Å². The quantitative estimate of drug-likeness (QED) is 0.438. The van der Waals surface area contributed by atoms with Gasteiger partial charge in [-0.2, -0.15) is 11.8 Å². The summed E-state index contributed by atoms with van der Waals surface area (Å²) in [5, 5.41) is 0. The monoisotopic (exact) mass is 144 g/mol. The van der Waals surface area contributed by atoms with Crippen molar-refractivity contribution in [2.75, 3.05) is 11.5 Å². The van der Waals surface area contributed by atoms with Crippen molar-refractivity contribution in [2.24, 2.45) is 10.7 Å². The summed E-state index contributed by atoms with van der Waals surface area (Å²) in [5.41, 5.74) is 5.41. The maximum Gasteiger partial charge on any atom is 0.0909 e. The second kappa shape index (κ2) is 3.11. The minimum atomic E-state index is 0.514. The van der Waals surface area contributed by atoms with Crippen molar-refractivity contribution in [3.05, 3.63) is 0 Å². The maximum absolute atomic E-state index is 5.41. The average molecular weight is 144 g/mol. The molecule has 1 aliphatic heterocycles. The first-order valence-electron chi connectivity index (χ1n) is 3.16. The Hall–Kier alpha value is -0.180. The van der Waals surface area contributed by atoms with E-state index in [0.717, 1.165) is 11.6 Å². The first-order valence-corrected chi connectivity index (χ1v) is 4.32. The van der Waals surface area contributed by atoms with Crippen LogP contribution in [0, 0.1) is 0 Å². The van der Waals surface area contributed by atoms with Gasteiger partial charge in [0.15, 0.2) is 0 Å². The normalized spacial score (nSPS) is 29.0. The molecular formula is C6H12N2S. The van der Waals surface area contributed by atoms with Gasteiger partial charge in [0, 0.05) is 5.75 Å². The van der Waals surface area contributed by atoms with Gasteiger partial charge in [0.1, 0.15) is 0 Å². The third-order valence-corrected chi connectivity index (χ3v) is 2.44. The molecule has 0 radical (unpaired) electrons. The average Bonchev–Trinajstić information content (AvgIpc) is 2.15. The third kappa shape index (κ3) is 2.26. The fourth-order valence-corrected chi connectivity index (χ4v) is 2.03. The van der Waals surface area contributed by atoms with Crippen LogP contribution in [0.3, 0.4) is 0 Å². The number of nitrogens with zero attached hydrogens (tertiary/aromatic N) is 1. The molecule has 0 bridgehead atoms. The molecule has 0 aromatic heterocycles. The molecule has 1 unspecified atom stereocenters. The summed E-state index contributed by atoms with van der Waals surface area (Å²) in [6.07, 6.45) is 1.21. The molecule has 0 saturated carbocycles. The molecule has 2 N–H and O–H groups in total. The van der Waals surface area contributed by atoms with E-state index in [0.29, 0.717) is 6.04 Å². The van der Waals surface area contributed by atoms with E-state index in [4.69, 9.17) is 5.73 Å². The molecule has 1 atom stereocenters. The van der Waals surface area contributed by atoms with Crippen molar-refractivity contribution in [2.45, 2.75) is 19.4 Å². The number of amidine groups is 1. The molecule has 0 spiro atoms. The predicted molar refractivity (Wildman–Crippen MR) is 43.0 cm³/mol. The van der Waals surface area contributed by atoms with Crippen LogP contribution in [0.1, 0.15) is 13.3 Å². The Kier molecular flexibility index (Phi) is 2.39. The van der Waals surface area contributed by atoms with Crippen LogP contribution in [-0.4, -0.2) is 23.4 Å². The number of hydrogen-bond acceptors (Lipinski definition) is 2. The van der Waals surface area contributed by atoms with E-state index in [2.05, 4.69) is 4.99 Å². The third-order valence-electron chi connectivity index (χ3n) is 1.29. The van der Waals surface area contributed by atoms with Crippen LogP contribution < -0.4 is 5.73 Å². The topological polar surface area (TPSA) is 38.4 Å². The van der Waals surface area contributed by atoms with Crippen molar-refractivity contribution >= 4 is 17.6 Å². The Bertz CT molecular complexity index is 112. The molecule has 3 heteroatoms. The Morgan fingerprint density at radius 1 is 1.78 bits per heavy atom. The molecule has 1 heterocycles. The highest BCUT2D eigenvalue weighted by atomic mass is 32.2. The molecule has 1 rings (SSSR count). The lowest BCUT2D eigenvalue weighted by molar-refractivity contribution is 0.759. The van der Waals surface area contributed by atoms with E-state index in [9.17, 15) is 0 Å². The highest BCUT2D eigenvalue weighted by molar-refractivity contribution is 7.99. The van der Waals surface area contributed by atoms with E-state index in [-0.39, 0.29) is 0 Å². The second-order valence-corrected chi connectivity index (χ2v) is 3.44. The fourth-order valence-electron chi connectivity index (χ4n) is 0.912. The minimum Gasteiger partial charge on any atom is -0.388 e. The van der Waals surface area contributed by atoms with Crippen molar-refractivity contribution in [1.82, 2.24) is 0 Å². The molecule has 2 nitrogen and oxygen atoms in total. The van der Waals surface area contributed by atoms with Crippen LogP contribution in [0.4, 0.5) is 0 Å². The zero-order valence-electron chi connectivity index (χ0n) is 5.63. The van der Waals surface area contributed by atoms with Gasteiger partial charge in [0.25, 0.3) is 0 Å². The minimum absolute atomic E-state index is 0.514. The molecule has 0 amide bonds. The summed E-state index contributed by atoms with van der Waals surface area (Å²) in [6.45, 7) is 1.85. The van der Waals surface area contributed by atoms with Gasteiger partial charge in [-0.1, -0.05) is 0 Å². The van der Waals surface area contributed by atoms with Crippen LogP contribution in [-0.2, 0) is 0 Å². The summed E-state index contributed by atoms with van der Waals surface area (Å²) >= 11 is 1.96. The van der Waals surface area contributed by atoms with E-state index in [1.165, 1.54) is 12.2 Å². The molecule has 1 aliphatic rings. The zero-order valence-corrected chi connectivity index (χ0v) is 6.45. The molecular weight excluding hydrogens is 132 g/mol. The van der Waals surface area contributed by atoms with Gasteiger partial charge >= 0.3 is 0 Å². The van der Waals surface area contributed by atoms with Crippen LogP contribution in [0.2, 0.25) is 0 Å². The molecule has 0 aromatic rings. The summed E-state index contributed by atoms with van der Waals surface area (Å²) in [6, 6.07) is 0.514. The highest BCUT2D eigenvalue weighted by Gasteiger charge is 2.13. The molecule has 0 aliphatic carbocycles. The Morgan fingerprint density at radius 2 is 2.56 bits per heavy atom. The summed E-state index contributed by atoms with van der Waals surface area (Å²) in [7, 11) is 0. The number of nitrogens with two attached hydrogens (primary N) is 1. The van der Waals surface area contributed by atoms with E-state index in [1.54, 1.807) is 0 Å². The van der Waals surface area contributed by atoms with Gasteiger partial charge in [-0.15, -0.1) is 0 Å². The SMILES string of the molecule is CC(N)=NC1CCSC1. The lowest BCUT2D eigenvalue weighted by Gasteiger charge is -1.99. The van der Waals surface area contributed by atoms with Crippen LogP contribution >= 0.6 is 11.8 Å². The first kappa shape index (κ1) is 6.93. The van der Waals surface area contributed by atoms with Crippen molar-refractivity contribution < 1.29 is 0 Å². The number of thioether (sulfide) groups is 1. The summed E-state index contributed by atoms with van der Waals surface area (Å²) < 4.78 is 0. The second-order valence-electron chi connectivity index (χ2n) is 2.29. The summed E-state index contributed by atoms with van der Waals surface area (Å²) in [4.78, 5) is 4.25. The molecule has 0 aromatic carbocycles. The van der Waals surface area contributed by atoms with Gasteiger partial charge in [0.2, 0.25) is 0 Å². The first-order chi connectivity index (χ1) is 4.29. The zero-order chi connectivity index (χ0) is 6.69. The van der Waals surface area contributed by atoms with E-state index < -0.39 is 0 Å². The van der Waals surface area contributed by atoms with Gasteiger partial charge in [-0.3, -0.25) is 4.99 Å². The van der Waals surface area contributed by atoms with Crippen molar-refractivity contribution in [1.29, 1.82) is 0 Å². The largest absolute Gasteiger partial charge is 0.388 e. The highest BCUT2D eigenvalue weighted by Crippen LogP contribution is 2.19. The molecule has 9 heavy (non-hydrogen) atoms. The summed E-state index contributed by atoms with van der Waals surface area (Å²) in [5.74, 6) is 3.14. The number of hydrogen-bond donors (Lipinski definition) is 1.